The maximum Gasteiger partial charge on any atom is 0.0731 e. The first kappa shape index (κ1) is 26.4. The minimum atomic E-state index is -0.387. The average molecular weight is 563 g/mol. The molecular formula is C44H34. The molecule has 0 saturated heterocycles. The molecule has 0 aliphatic heterocycles. The molecule has 0 nitrogen and oxygen atoms in total. The van der Waals surface area contributed by atoms with Gasteiger partial charge in [0.1, 0.15) is 0 Å². The summed E-state index contributed by atoms with van der Waals surface area (Å²) in [7, 11) is 0. The van der Waals surface area contributed by atoms with Crippen LogP contribution in [0.2, 0.25) is 0 Å². The maximum absolute atomic E-state index is 2.40. The van der Waals surface area contributed by atoms with Gasteiger partial charge in [0.2, 0.25) is 0 Å². The van der Waals surface area contributed by atoms with Crippen molar-refractivity contribution in [3.05, 3.63) is 185 Å². The Morgan fingerprint density at radius 3 is 1.66 bits per heavy atom. The SMILES string of the molecule is C/C=C\C(=C/C)c1cc(-c2cccc(C)c2)cc(-c2cccc3c2C2(c4ccccc4-c4ccccc42)c2ccccc2-3)c1. The molecule has 0 bridgehead atoms. The van der Waals surface area contributed by atoms with E-state index in [4.69, 9.17) is 0 Å². The van der Waals surface area contributed by atoms with Crippen molar-refractivity contribution in [2.75, 3.05) is 0 Å². The van der Waals surface area contributed by atoms with E-state index in [9.17, 15) is 0 Å². The molecule has 0 heterocycles. The van der Waals surface area contributed by atoms with E-state index >= 15 is 0 Å². The van der Waals surface area contributed by atoms with Gasteiger partial charge in [0.25, 0.3) is 0 Å². The van der Waals surface area contributed by atoms with E-state index in [1.807, 2.05) is 0 Å². The normalized spacial score (nSPS) is 14.0. The first-order valence-corrected chi connectivity index (χ1v) is 15.6. The lowest BCUT2D eigenvalue weighted by Gasteiger charge is -2.32. The van der Waals surface area contributed by atoms with Gasteiger partial charge in [0, 0.05) is 0 Å². The van der Waals surface area contributed by atoms with E-state index in [0.717, 1.165) is 0 Å². The van der Waals surface area contributed by atoms with E-state index in [1.165, 1.54) is 83.5 Å². The fourth-order valence-electron chi connectivity index (χ4n) is 7.88. The molecular weight excluding hydrogens is 528 g/mol. The third-order valence-corrected chi connectivity index (χ3v) is 9.60. The van der Waals surface area contributed by atoms with Gasteiger partial charge in [-0.3, -0.25) is 0 Å². The summed E-state index contributed by atoms with van der Waals surface area (Å²) in [5, 5.41) is 0. The highest BCUT2D eigenvalue weighted by atomic mass is 14.5. The largest absolute Gasteiger partial charge is 0.0871 e. The van der Waals surface area contributed by atoms with E-state index < -0.39 is 0 Å². The molecule has 2 aliphatic carbocycles. The number of benzene rings is 6. The van der Waals surface area contributed by atoms with Crippen LogP contribution in [0.15, 0.2) is 152 Å². The molecule has 0 amide bonds. The van der Waals surface area contributed by atoms with Gasteiger partial charge in [-0.15, -0.1) is 0 Å². The van der Waals surface area contributed by atoms with Crippen LogP contribution >= 0.6 is 0 Å². The van der Waals surface area contributed by atoms with Crippen LogP contribution in [-0.2, 0) is 5.41 Å². The number of hydrogen-bond acceptors (Lipinski definition) is 0. The van der Waals surface area contributed by atoms with Crippen LogP contribution < -0.4 is 0 Å². The first-order valence-electron chi connectivity index (χ1n) is 15.6. The number of allylic oxidation sites excluding steroid dienone is 4. The van der Waals surface area contributed by atoms with Gasteiger partial charge in [-0.05, 0) is 117 Å². The molecule has 0 fully saturated rings. The van der Waals surface area contributed by atoms with Crippen molar-refractivity contribution >= 4 is 5.57 Å². The zero-order chi connectivity index (χ0) is 29.8. The zero-order valence-electron chi connectivity index (χ0n) is 25.4. The highest BCUT2D eigenvalue weighted by Crippen LogP contribution is 2.64. The fourth-order valence-corrected chi connectivity index (χ4v) is 7.88. The maximum atomic E-state index is 2.40. The summed E-state index contributed by atoms with van der Waals surface area (Å²) in [6.07, 6.45) is 6.57. The first-order chi connectivity index (χ1) is 21.6. The Morgan fingerprint density at radius 1 is 0.500 bits per heavy atom. The predicted molar refractivity (Wildman–Crippen MR) is 187 cm³/mol. The second-order valence-electron chi connectivity index (χ2n) is 12.0. The van der Waals surface area contributed by atoms with Crippen molar-refractivity contribution in [2.45, 2.75) is 26.2 Å². The van der Waals surface area contributed by atoms with Crippen LogP contribution in [0.1, 0.15) is 47.2 Å². The quantitative estimate of drug-likeness (QED) is 0.187. The van der Waals surface area contributed by atoms with E-state index in [1.54, 1.807) is 0 Å². The molecule has 0 unspecified atom stereocenters. The monoisotopic (exact) mass is 562 g/mol. The Hall–Kier alpha value is -5.20. The van der Waals surface area contributed by atoms with Crippen LogP contribution in [0, 0.1) is 6.92 Å². The summed E-state index contributed by atoms with van der Waals surface area (Å²) in [5.74, 6) is 0. The topological polar surface area (TPSA) is 0 Å². The van der Waals surface area contributed by atoms with Crippen LogP contribution in [0.3, 0.4) is 0 Å². The highest BCUT2D eigenvalue weighted by molar-refractivity contribution is 5.99. The lowest BCUT2D eigenvalue weighted by molar-refractivity contribution is 0.796. The number of rotatable bonds is 4. The minimum absolute atomic E-state index is 0.387. The second-order valence-corrected chi connectivity index (χ2v) is 12.0. The third kappa shape index (κ3) is 3.71. The van der Waals surface area contributed by atoms with E-state index in [0.29, 0.717) is 0 Å². The van der Waals surface area contributed by atoms with Crippen molar-refractivity contribution in [3.8, 4) is 44.5 Å². The molecule has 1 spiro atoms. The molecule has 6 aromatic rings. The Bertz CT molecular complexity index is 2090. The van der Waals surface area contributed by atoms with Gasteiger partial charge in [0.05, 0.1) is 5.41 Å². The van der Waals surface area contributed by atoms with Crippen molar-refractivity contribution in [3.63, 3.8) is 0 Å². The average Bonchev–Trinajstić information content (AvgIpc) is 3.54. The Labute approximate surface area is 260 Å². The van der Waals surface area contributed by atoms with Crippen molar-refractivity contribution in [1.82, 2.24) is 0 Å². The van der Waals surface area contributed by atoms with Gasteiger partial charge >= 0.3 is 0 Å². The predicted octanol–water partition coefficient (Wildman–Crippen LogP) is 11.7. The molecule has 6 aromatic carbocycles. The summed E-state index contributed by atoms with van der Waals surface area (Å²) >= 11 is 0. The molecule has 0 heteroatoms. The highest BCUT2D eigenvalue weighted by Gasteiger charge is 2.52. The zero-order valence-corrected chi connectivity index (χ0v) is 25.4. The number of aryl methyl sites for hydroxylation is 1. The molecule has 8 rings (SSSR count). The minimum Gasteiger partial charge on any atom is -0.0871 e. The van der Waals surface area contributed by atoms with Crippen LogP contribution in [0.5, 0.6) is 0 Å². The standard InChI is InChI=1S/C44H34/c1-4-14-30(5-2)32-26-33(31-16-12-15-29(3)25-31)28-34(27-32)35-20-13-21-39-38-19-8-11-24-42(38)44(43(35)39)40-22-9-6-17-36(40)37-18-7-10-23-41(37)44/h4-28H,1-3H3/b14-4-,30-5+. The van der Waals surface area contributed by atoms with Crippen LogP contribution in [-0.4, -0.2) is 0 Å². The van der Waals surface area contributed by atoms with Crippen molar-refractivity contribution < 1.29 is 0 Å². The summed E-state index contributed by atoms with van der Waals surface area (Å²) < 4.78 is 0. The van der Waals surface area contributed by atoms with Crippen molar-refractivity contribution in [2.24, 2.45) is 0 Å². The summed E-state index contributed by atoms with van der Waals surface area (Å²) in [6.45, 7) is 6.40. The number of fused-ring (bicyclic) bond motifs is 10. The van der Waals surface area contributed by atoms with E-state index in [2.05, 4.69) is 172 Å². The van der Waals surface area contributed by atoms with Gasteiger partial charge in [-0.1, -0.05) is 139 Å². The molecule has 0 saturated carbocycles. The van der Waals surface area contributed by atoms with Crippen molar-refractivity contribution in [1.29, 1.82) is 0 Å². The lowest BCUT2D eigenvalue weighted by atomic mass is 9.68. The molecule has 0 N–H and O–H groups in total. The van der Waals surface area contributed by atoms with E-state index in [-0.39, 0.29) is 5.41 Å². The fraction of sp³-hybridized carbons (Fsp3) is 0.0909. The molecule has 2 aliphatic rings. The Kier molecular flexibility index (Phi) is 6.13. The smallest absolute Gasteiger partial charge is 0.0731 e. The van der Waals surface area contributed by atoms with Gasteiger partial charge in [-0.2, -0.15) is 0 Å². The number of hydrogen-bond donors (Lipinski definition) is 0. The molecule has 210 valence electrons. The van der Waals surface area contributed by atoms with Gasteiger partial charge < -0.3 is 0 Å². The molecule has 0 radical (unpaired) electrons. The van der Waals surface area contributed by atoms with Gasteiger partial charge in [-0.25, -0.2) is 0 Å². The summed E-state index contributed by atoms with van der Waals surface area (Å²) in [4.78, 5) is 0. The molecule has 0 aromatic heterocycles. The van der Waals surface area contributed by atoms with Crippen LogP contribution in [0.4, 0.5) is 0 Å². The molecule has 0 atom stereocenters. The summed E-state index contributed by atoms with van der Waals surface area (Å²) in [5.41, 5.74) is 19.2. The Balaban J connectivity index is 1.49. The Morgan fingerprint density at radius 2 is 1.05 bits per heavy atom. The third-order valence-electron chi connectivity index (χ3n) is 9.60. The van der Waals surface area contributed by atoms with Gasteiger partial charge in [0.15, 0.2) is 0 Å². The lowest BCUT2D eigenvalue weighted by Crippen LogP contribution is -2.26. The summed E-state index contributed by atoms with van der Waals surface area (Å²) in [6, 6.07) is 50.1. The molecule has 44 heavy (non-hydrogen) atoms. The second kappa shape index (κ2) is 10.2. The van der Waals surface area contributed by atoms with Crippen LogP contribution in [0.25, 0.3) is 50.1 Å².